The topological polar surface area (TPSA) is 89.1 Å². The van der Waals surface area contributed by atoms with Crippen LogP contribution in [0, 0.1) is 5.82 Å². The molecule has 1 aromatic heterocycles. The van der Waals surface area contributed by atoms with E-state index in [1.807, 2.05) is 0 Å². The van der Waals surface area contributed by atoms with Crippen LogP contribution in [0.2, 0.25) is 0 Å². The number of carboxylic acid groups (broad SMARTS) is 1. The highest BCUT2D eigenvalue weighted by Gasteiger charge is 2.07. The fourth-order valence-corrected chi connectivity index (χ4v) is 2.01. The van der Waals surface area contributed by atoms with E-state index in [0.29, 0.717) is 16.4 Å². The Hall–Kier alpha value is -2.15. The normalized spacial score (nSPS) is 10.4. The van der Waals surface area contributed by atoms with Gasteiger partial charge >= 0.3 is 5.97 Å². The Bertz CT molecular complexity index is 604. The lowest BCUT2D eigenvalue weighted by Crippen LogP contribution is -2.01. The van der Waals surface area contributed by atoms with Crippen LogP contribution in [0.25, 0.3) is 11.4 Å². The molecule has 0 bridgehead atoms. The van der Waals surface area contributed by atoms with Crippen LogP contribution in [-0.2, 0) is 4.79 Å². The summed E-state index contributed by atoms with van der Waals surface area (Å²) in [5, 5.41) is 9.09. The number of hydrogen-bond donors (Lipinski definition) is 2. The van der Waals surface area contributed by atoms with Crippen molar-refractivity contribution in [2.24, 2.45) is 0 Å². The second kappa shape index (κ2) is 5.66. The molecule has 5 nitrogen and oxygen atoms in total. The number of carboxylic acids is 1. The predicted molar refractivity (Wildman–Crippen MR) is 70.2 cm³/mol. The zero-order chi connectivity index (χ0) is 13.8. The van der Waals surface area contributed by atoms with Gasteiger partial charge in [-0.05, 0) is 24.3 Å². The largest absolute Gasteiger partial charge is 0.481 e. The number of benzene rings is 1. The molecular formula is C12H10FN3O2S. The molecule has 7 heteroatoms. The number of aromatic nitrogens is 2. The maximum Gasteiger partial charge on any atom is 0.313 e. The van der Waals surface area contributed by atoms with E-state index in [4.69, 9.17) is 10.8 Å². The third-order valence-electron chi connectivity index (χ3n) is 2.17. The highest BCUT2D eigenvalue weighted by Crippen LogP contribution is 2.22. The van der Waals surface area contributed by atoms with Gasteiger partial charge in [-0.25, -0.2) is 14.4 Å². The van der Waals surface area contributed by atoms with Crippen LogP contribution >= 0.6 is 11.8 Å². The summed E-state index contributed by atoms with van der Waals surface area (Å²) in [6.45, 7) is 0. The smallest absolute Gasteiger partial charge is 0.313 e. The van der Waals surface area contributed by atoms with Gasteiger partial charge in [0, 0.05) is 11.6 Å². The van der Waals surface area contributed by atoms with E-state index in [9.17, 15) is 9.18 Å². The summed E-state index contributed by atoms with van der Waals surface area (Å²) in [6.07, 6.45) is 0. The van der Waals surface area contributed by atoms with Crippen LogP contribution in [0.1, 0.15) is 0 Å². The maximum atomic E-state index is 12.8. The molecule has 0 saturated heterocycles. The van der Waals surface area contributed by atoms with Crippen molar-refractivity contribution in [3.8, 4) is 11.4 Å². The van der Waals surface area contributed by atoms with Gasteiger partial charge in [0.25, 0.3) is 0 Å². The first-order chi connectivity index (χ1) is 9.04. The van der Waals surface area contributed by atoms with Gasteiger partial charge < -0.3 is 10.8 Å². The molecule has 0 radical (unpaired) electrons. The van der Waals surface area contributed by atoms with Crippen LogP contribution in [-0.4, -0.2) is 26.8 Å². The number of thioether (sulfide) groups is 1. The standard InChI is InChI=1S/C12H10FN3O2S/c13-8-3-1-7(2-4-8)12-15-9(14)5-10(16-12)19-6-11(17)18/h1-5H,6H2,(H,17,18)(H2,14,15,16). The molecule has 1 heterocycles. The van der Waals surface area contributed by atoms with E-state index in [0.717, 1.165) is 11.8 Å². The molecule has 0 aliphatic heterocycles. The summed E-state index contributed by atoms with van der Waals surface area (Å²) in [7, 11) is 0. The van der Waals surface area contributed by atoms with Crippen molar-refractivity contribution in [1.29, 1.82) is 0 Å². The average Bonchev–Trinajstić information content (AvgIpc) is 2.36. The number of carbonyl (C=O) groups is 1. The van der Waals surface area contributed by atoms with Gasteiger partial charge in [-0.2, -0.15) is 0 Å². The number of rotatable bonds is 4. The summed E-state index contributed by atoms with van der Waals surface area (Å²) in [5.74, 6) is -0.826. The maximum absolute atomic E-state index is 12.8. The summed E-state index contributed by atoms with van der Waals surface area (Å²) < 4.78 is 12.8. The summed E-state index contributed by atoms with van der Waals surface area (Å²) in [5.41, 5.74) is 6.26. The Morgan fingerprint density at radius 1 is 1.32 bits per heavy atom. The zero-order valence-electron chi connectivity index (χ0n) is 9.71. The quantitative estimate of drug-likeness (QED) is 0.657. The third kappa shape index (κ3) is 3.65. The molecular weight excluding hydrogens is 269 g/mol. The molecule has 98 valence electrons. The van der Waals surface area contributed by atoms with Crippen molar-refractivity contribution < 1.29 is 14.3 Å². The Labute approximate surface area is 112 Å². The highest BCUT2D eigenvalue weighted by atomic mass is 32.2. The Balaban J connectivity index is 2.30. The Morgan fingerprint density at radius 3 is 2.63 bits per heavy atom. The van der Waals surface area contributed by atoms with E-state index in [1.165, 1.54) is 30.3 Å². The number of halogens is 1. The van der Waals surface area contributed by atoms with Gasteiger partial charge in [0.2, 0.25) is 0 Å². The molecule has 0 amide bonds. The number of nitrogens with two attached hydrogens (primary N) is 1. The van der Waals surface area contributed by atoms with Crippen LogP contribution < -0.4 is 5.73 Å². The molecule has 0 spiro atoms. The molecule has 0 aliphatic rings. The Morgan fingerprint density at radius 2 is 2.00 bits per heavy atom. The zero-order valence-corrected chi connectivity index (χ0v) is 10.5. The average molecular weight is 279 g/mol. The minimum absolute atomic E-state index is 0.112. The lowest BCUT2D eigenvalue weighted by Gasteiger charge is -2.04. The third-order valence-corrected chi connectivity index (χ3v) is 3.06. The van der Waals surface area contributed by atoms with Crippen LogP contribution in [0.3, 0.4) is 0 Å². The van der Waals surface area contributed by atoms with Crippen LogP contribution in [0.15, 0.2) is 35.4 Å². The van der Waals surface area contributed by atoms with Gasteiger partial charge in [0.05, 0.1) is 5.75 Å². The molecule has 3 N–H and O–H groups in total. The van der Waals surface area contributed by atoms with E-state index in [1.54, 1.807) is 0 Å². The molecule has 0 saturated carbocycles. The van der Waals surface area contributed by atoms with E-state index in [-0.39, 0.29) is 17.4 Å². The number of anilines is 1. The first-order valence-electron chi connectivity index (χ1n) is 5.29. The molecule has 1 aromatic carbocycles. The van der Waals surface area contributed by atoms with E-state index >= 15 is 0 Å². The van der Waals surface area contributed by atoms with Crippen LogP contribution in [0.4, 0.5) is 10.2 Å². The molecule has 0 aliphatic carbocycles. The molecule has 0 unspecified atom stereocenters. The van der Waals surface area contributed by atoms with Crippen molar-refractivity contribution in [3.63, 3.8) is 0 Å². The second-order valence-electron chi connectivity index (χ2n) is 3.64. The minimum Gasteiger partial charge on any atom is -0.481 e. The number of nitrogen functional groups attached to an aromatic ring is 1. The van der Waals surface area contributed by atoms with Gasteiger partial charge in [0.1, 0.15) is 16.7 Å². The van der Waals surface area contributed by atoms with Gasteiger partial charge in [-0.1, -0.05) is 11.8 Å². The lowest BCUT2D eigenvalue weighted by molar-refractivity contribution is -0.133. The molecule has 19 heavy (non-hydrogen) atoms. The summed E-state index contributed by atoms with van der Waals surface area (Å²) in [4.78, 5) is 18.7. The molecule has 2 aromatic rings. The lowest BCUT2D eigenvalue weighted by atomic mass is 10.2. The Kier molecular flexibility index (Phi) is 3.96. The number of aliphatic carboxylic acids is 1. The second-order valence-corrected chi connectivity index (χ2v) is 4.64. The highest BCUT2D eigenvalue weighted by molar-refractivity contribution is 7.99. The molecule has 0 fully saturated rings. The number of hydrogen-bond acceptors (Lipinski definition) is 5. The van der Waals surface area contributed by atoms with Crippen LogP contribution in [0.5, 0.6) is 0 Å². The fourth-order valence-electron chi connectivity index (χ4n) is 1.38. The van der Waals surface area contributed by atoms with Crippen molar-refractivity contribution in [2.45, 2.75) is 5.03 Å². The summed E-state index contributed by atoms with van der Waals surface area (Å²) in [6, 6.07) is 7.17. The van der Waals surface area contributed by atoms with Gasteiger partial charge in [0.15, 0.2) is 5.82 Å². The van der Waals surface area contributed by atoms with Gasteiger partial charge in [-0.3, -0.25) is 4.79 Å². The van der Waals surface area contributed by atoms with Crippen molar-refractivity contribution >= 4 is 23.5 Å². The van der Waals surface area contributed by atoms with E-state index in [2.05, 4.69) is 9.97 Å². The van der Waals surface area contributed by atoms with E-state index < -0.39 is 5.97 Å². The minimum atomic E-state index is -0.939. The van der Waals surface area contributed by atoms with Crippen molar-refractivity contribution in [1.82, 2.24) is 9.97 Å². The monoisotopic (exact) mass is 279 g/mol. The SMILES string of the molecule is Nc1cc(SCC(=O)O)nc(-c2ccc(F)cc2)n1. The fraction of sp³-hybridized carbons (Fsp3) is 0.0833. The molecule has 2 rings (SSSR count). The first kappa shape index (κ1) is 13.3. The van der Waals surface area contributed by atoms with Gasteiger partial charge in [-0.15, -0.1) is 0 Å². The first-order valence-corrected chi connectivity index (χ1v) is 6.28. The predicted octanol–water partition coefficient (Wildman–Crippen LogP) is 2.04. The summed E-state index contributed by atoms with van der Waals surface area (Å²) >= 11 is 1.05. The van der Waals surface area contributed by atoms with Crippen molar-refractivity contribution in [2.75, 3.05) is 11.5 Å². The molecule has 0 atom stereocenters. The number of nitrogens with zero attached hydrogens (tertiary/aromatic N) is 2. The van der Waals surface area contributed by atoms with Crippen molar-refractivity contribution in [3.05, 3.63) is 36.1 Å².